The summed E-state index contributed by atoms with van der Waals surface area (Å²) in [6.07, 6.45) is 0.987. The summed E-state index contributed by atoms with van der Waals surface area (Å²) in [5.74, 6) is 0.839. The van der Waals surface area contributed by atoms with E-state index in [-0.39, 0.29) is 6.03 Å². The van der Waals surface area contributed by atoms with E-state index in [2.05, 4.69) is 11.4 Å². The highest BCUT2D eigenvalue weighted by Crippen LogP contribution is 2.37. The van der Waals surface area contributed by atoms with Gasteiger partial charge in [0.15, 0.2) is 0 Å². The predicted octanol–water partition coefficient (Wildman–Crippen LogP) is 1.56. The van der Waals surface area contributed by atoms with Crippen LogP contribution in [0.25, 0.3) is 0 Å². The molecule has 1 saturated heterocycles. The molecule has 5 nitrogen and oxygen atoms in total. The van der Waals surface area contributed by atoms with Crippen LogP contribution in [0, 0.1) is 0 Å². The predicted molar refractivity (Wildman–Crippen MR) is 73.5 cm³/mol. The van der Waals surface area contributed by atoms with Crippen molar-refractivity contribution in [3.8, 4) is 5.75 Å². The van der Waals surface area contributed by atoms with E-state index < -0.39 is 0 Å². The zero-order chi connectivity index (χ0) is 13.4. The third kappa shape index (κ3) is 1.94. The Labute approximate surface area is 113 Å². The Bertz CT molecular complexity index is 516. The van der Waals surface area contributed by atoms with Gasteiger partial charge in [-0.2, -0.15) is 0 Å². The van der Waals surface area contributed by atoms with Crippen LogP contribution in [0.1, 0.15) is 17.5 Å². The first kappa shape index (κ1) is 12.3. The van der Waals surface area contributed by atoms with E-state index >= 15 is 0 Å². The first-order valence-electron chi connectivity index (χ1n) is 6.64. The van der Waals surface area contributed by atoms with E-state index in [1.54, 1.807) is 12.0 Å². The maximum Gasteiger partial charge on any atom is 0.324 e. The van der Waals surface area contributed by atoms with Gasteiger partial charge in [0, 0.05) is 38.8 Å². The Balaban J connectivity index is 2.03. The maximum absolute atomic E-state index is 12.3. The number of benzene rings is 1. The summed E-state index contributed by atoms with van der Waals surface area (Å²) in [5, 5.41) is 3.32. The molecule has 102 valence electrons. The minimum Gasteiger partial charge on any atom is -0.494 e. The lowest BCUT2D eigenvalue weighted by atomic mass is 10.1. The molecule has 1 N–H and O–H groups in total. The molecule has 5 heteroatoms. The van der Waals surface area contributed by atoms with E-state index in [9.17, 15) is 4.79 Å². The summed E-state index contributed by atoms with van der Waals surface area (Å²) in [4.78, 5) is 15.9. The third-order valence-electron chi connectivity index (χ3n) is 3.88. The van der Waals surface area contributed by atoms with Crippen molar-refractivity contribution >= 4 is 11.7 Å². The normalized spacial score (nSPS) is 18.7. The van der Waals surface area contributed by atoms with Gasteiger partial charge in [-0.25, -0.2) is 4.79 Å². The second kappa shape index (κ2) is 4.74. The Morgan fingerprint density at radius 3 is 2.89 bits per heavy atom. The Morgan fingerprint density at radius 2 is 2.11 bits per heavy atom. The molecule has 19 heavy (non-hydrogen) atoms. The van der Waals surface area contributed by atoms with Crippen LogP contribution in [0.15, 0.2) is 12.1 Å². The van der Waals surface area contributed by atoms with Crippen molar-refractivity contribution in [2.75, 3.05) is 32.1 Å². The molecule has 2 aliphatic heterocycles. The van der Waals surface area contributed by atoms with Crippen molar-refractivity contribution in [3.05, 3.63) is 23.3 Å². The number of hydrogen-bond acceptors (Lipinski definition) is 3. The quantitative estimate of drug-likeness (QED) is 0.878. The molecular weight excluding hydrogens is 242 g/mol. The molecule has 3 rings (SSSR count). The molecule has 1 fully saturated rings. The molecule has 0 atom stereocenters. The number of ether oxygens (including phenoxy) is 1. The van der Waals surface area contributed by atoms with Crippen molar-refractivity contribution in [1.29, 1.82) is 0 Å². The van der Waals surface area contributed by atoms with E-state index in [0.29, 0.717) is 0 Å². The zero-order valence-corrected chi connectivity index (χ0v) is 11.4. The van der Waals surface area contributed by atoms with E-state index in [4.69, 9.17) is 4.74 Å². The Morgan fingerprint density at radius 1 is 1.26 bits per heavy atom. The van der Waals surface area contributed by atoms with Gasteiger partial charge in [0.25, 0.3) is 0 Å². The fourth-order valence-electron chi connectivity index (χ4n) is 2.86. The van der Waals surface area contributed by atoms with Crippen LogP contribution in [-0.2, 0) is 13.1 Å². The van der Waals surface area contributed by atoms with Crippen LogP contribution < -0.4 is 15.0 Å². The average Bonchev–Trinajstić information content (AvgIpc) is 2.89. The van der Waals surface area contributed by atoms with Crippen LogP contribution in [0.2, 0.25) is 0 Å². The van der Waals surface area contributed by atoms with Gasteiger partial charge in [-0.1, -0.05) is 6.07 Å². The van der Waals surface area contributed by atoms with Crippen molar-refractivity contribution < 1.29 is 9.53 Å². The number of nitrogens with one attached hydrogen (secondary N) is 1. The lowest BCUT2D eigenvalue weighted by Crippen LogP contribution is -2.47. The van der Waals surface area contributed by atoms with E-state index in [0.717, 1.165) is 44.0 Å². The number of anilines is 1. The smallest absolute Gasteiger partial charge is 0.324 e. The second-order valence-corrected chi connectivity index (χ2v) is 5.07. The summed E-state index contributed by atoms with van der Waals surface area (Å²) in [7, 11) is 3.52. The minimum absolute atomic E-state index is 0.0513. The lowest BCUT2D eigenvalue weighted by Gasteiger charge is -2.34. The molecule has 1 aromatic carbocycles. The van der Waals surface area contributed by atoms with Gasteiger partial charge in [0.05, 0.1) is 12.8 Å². The number of urea groups is 1. The molecule has 0 saturated carbocycles. The van der Waals surface area contributed by atoms with Gasteiger partial charge in [-0.05, 0) is 18.1 Å². The number of hydrogen-bond donors (Lipinski definition) is 1. The van der Waals surface area contributed by atoms with Crippen LogP contribution in [0.5, 0.6) is 5.75 Å². The summed E-state index contributed by atoms with van der Waals surface area (Å²) < 4.78 is 5.57. The van der Waals surface area contributed by atoms with Gasteiger partial charge in [0.2, 0.25) is 0 Å². The number of nitrogens with zero attached hydrogens (tertiary/aromatic N) is 2. The van der Waals surface area contributed by atoms with Gasteiger partial charge in [-0.3, -0.25) is 4.90 Å². The Hall–Kier alpha value is -1.75. The SMILES string of the molecule is COc1c(N2CCCN(C)C2=O)ccc2c1CNC2. The van der Waals surface area contributed by atoms with E-state index in [1.807, 2.05) is 18.0 Å². The number of methoxy groups -OCH3 is 1. The Kier molecular flexibility index (Phi) is 3.06. The van der Waals surface area contributed by atoms with Crippen LogP contribution in [-0.4, -0.2) is 38.2 Å². The number of rotatable bonds is 2. The third-order valence-corrected chi connectivity index (χ3v) is 3.88. The standard InChI is InChI=1S/C14H19N3O2/c1-16-6-3-7-17(14(16)18)12-5-4-10-8-15-9-11(10)13(12)19-2/h4-5,15H,3,6-9H2,1-2H3. The van der Waals surface area contributed by atoms with Crippen LogP contribution >= 0.6 is 0 Å². The summed E-state index contributed by atoms with van der Waals surface area (Å²) in [6.45, 7) is 3.26. The van der Waals surface area contributed by atoms with Crippen molar-refractivity contribution in [3.63, 3.8) is 0 Å². The first-order valence-corrected chi connectivity index (χ1v) is 6.64. The molecule has 0 aliphatic carbocycles. The summed E-state index contributed by atoms with van der Waals surface area (Å²) in [6, 6.07) is 4.15. The number of carbonyl (C=O) groups is 1. The molecule has 0 radical (unpaired) electrons. The number of fused-ring (bicyclic) bond motifs is 1. The largest absolute Gasteiger partial charge is 0.494 e. The van der Waals surface area contributed by atoms with Gasteiger partial charge in [0.1, 0.15) is 5.75 Å². The topological polar surface area (TPSA) is 44.8 Å². The molecule has 2 heterocycles. The molecule has 0 aromatic heterocycles. The van der Waals surface area contributed by atoms with Gasteiger partial charge >= 0.3 is 6.03 Å². The van der Waals surface area contributed by atoms with Gasteiger partial charge < -0.3 is 15.0 Å². The monoisotopic (exact) mass is 261 g/mol. The molecule has 0 unspecified atom stereocenters. The van der Waals surface area contributed by atoms with Crippen LogP contribution in [0.4, 0.5) is 10.5 Å². The summed E-state index contributed by atoms with van der Waals surface area (Å²) in [5.41, 5.74) is 3.33. The van der Waals surface area contributed by atoms with Crippen molar-refractivity contribution in [2.24, 2.45) is 0 Å². The molecule has 0 spiro atoms. The van der Waals surface area contributed by atoms with E-state index in [1.165, 1.54) is 11.1 Å². The highest BCUT2D eigenvalue weighted by atomic mass is 16.5. The minimum atomic E-state index is 0.0513. The number of carbonyl (C=O) groups excluding carboxylic acids is 1. The maximum atomic E-state index is 12.3. The van der Waals surface area contributed by atoms with Gasteiger partial charge in [-0.15, -0.1) is 0 Å². The van der Waals surface area contributed by atoms with Crippen LogP contribution in [0.3, 0.4) is 0 Å². The summed E-state index contributed by atoms with van der Waals surface area (Å²) >= 11 is 0. The molecule has 2 amide bonds. The highest BCUT2D eigenvalue weighted by molar-refractivity contribution is 5.94. The molecular formula is C14H19N3O2. The van der Waals surface area contributed by atoms with Crippen molar-refractivity contribution in [1.82, 2.24) is 10.2 Å². The fourth-order valence-corrected chi connectivity index (χ4v) is 2.86. The first-order chi connectivity index (χ1) is 9.22. The van der Waals surface area contributed by atoms with Crippen molar-refractivity contribution in [2.45, 2.75) is 19.5 Å². The number of amides is 2. The molecule has 0 bridgehead atoms. The molecule has 1 aromatic rings. The second-order valence-electron chi connectivity index (χ2n) is 5.07. The zero-order valence-electron chi connectivity index (χ0n) is 11.4. The average molecular weight is 261 g/mol. The lowest BCUT2D eigenvalue weighted by molar-refractivity contribution is 0.207. The highest BCUT2D eigenvalue weighted by Gasteiger charge is 2.28. The molecule has 2 aliphatic rings. The fraction of sp³-hybridized carbons (Fsp3) is 0.500.